The van der Waals surface area contributed by atoms with Crippen molar-refractivity contribution >= 4 is 27.8 Å². The van der Waals surface area contributed by atoms with E-state index >= 15 is 0 Å². The number of sulfonamides is 1. The number of amides is 2. The zero-order chi connectivity index (χ0) is 23.3. The molecule has 0 radical (unpaired) electrons. The van der Waals surface area contributed by atoms with Gasteiger partial charge in [-0.15, -0.1) is 0 Å². The molecular weight excluding hydrogens is 412 g/mol. The van der Waals surface area contributed by atoms with Crippen molar-refractivity contribution in [1.29, 1.82) is 0 Å². The van der Waals surface area contributed by atoms with Crippen molar-refractivity contribution in [3.63, 3.8) is 0 Å². The first kappa shape index (κ1) is 28.3. The molecule has 30 heavy (non-hydrogen) atoms. The first-order valence-electron chi connectivity index (χ1n) is 10.4. The van der Waals surface area contributed by atoms with Crippen LogP contribution in [0, 0.1) is 5.92 Å². The van der Waals surface area contributed by atoms with Crippen LogP contribution >= 0.6 is 0 Å². The lowest BCUT2D eigenvalue weighted by atomic mass is 10.0. The van der Waals surface area contributed by atoms with Crippen LogP contribution in [-0.4, -0.2) is 68.8 Å². The average molecular weight is 451 g/mol. The summed E-state index contributed by atoms with van der Waals surface area (Å²) in [6.07, 6.45) is 2.40. The zero-order valence-electron chi connectivity index (χ0n) is 18.7. The van der Waals surface area contributed by atoms with Crippen LogP contribution in [0.4, 0.5) is 0 Å². The second kappa shape index (κ2) is 14.3. The molecule has 3 atom stereocenters. The molecule has 0 bridgehead atoms. The molecule has 10 nitrogen and oxygen atoms in total. The maximum atomic E-state index is 12.6. The molecule has 5 N–H and O–H groups in total. The average Bonchev–Trinajstić information content (AvgIpc) is 2.67. The molecule has 0 aliphatic heterocycles. The largest absolute Gasteiger partial charge is 0.480 e. The third kappa shape index (κ3) is 11.5. The third-order valence-corrected chi connectivity index (χ3v) is 6.17. The number of nitrogens with one attached hydrogen (secondary N) is 4. The molecule has 11 heteroatoms. The molecule has 0 aromatic rings. The lowest BCUT2D eigenvalue weighted by Crippen LogP contribution is -2.56. The summed E-state index contributed by atoms with van der Waals surface area (Å²) in [7, 11) is -1.68. The molecule has 0 saturated heterocycles. The second-order valence-electron chi connectivity index (χ2n) is 7.70. The molecule has 0 aliphatic rings. The van der Waals surface area contributed by atoms with E-state index in [4.69, 9.17) is 0 Å². The van der Waals surface area contributed by atoms with Gasteiger partial charge in [0.2, 0.25) is 21.8 Å². The van der Waals surface area contributed by atoms with Gasteiger partial charge in [-0.1, -0.05) is 27.2 Å². The molecule has 0 aliphatic carbocycles. The van der Waals surface area contributed by atoms with Gasteiger partial charge >= 0.3 is 5.97 Å². The van der Waals surface area contributed by atoms with E-state index in [-0.39, 0.29) is 30.5 Å². The van der Waals surface area contributed by atoms with Crippen molar-refractivity contribution in [1.82, 2.24) is 20.7 Å². The van der Waals surface area contributed by atoms with Gasteiger partial charge in [-0.2, -0.15) is 0 Å². The van der Waals surface area contributed by atoms with Gasteiger partial charge in [0.25, 0.3) is 0 Å². The third-order valence-electron chi connectivity index (χ3n) is 4.70. The van der Waals surface area contributed by atoms with Crippen LogP contribution in [0.25, 0.3) is 0 Å². The monoisotopic (exact) mass is 450 g/mol. The number of carboxylic acids is 1. The fourth-order valence-electron chi connectivity index (χ4n) is 2.57. The summed E-state index contributed by atoms with van der Waals surface area (Å²) in [5.41, 5.74) is 0. The Bertz CT molecular complexity index is 653. The molecule has 0 fully saturated rings. The summed E-state index contributed by atoms with van der Waals surface area (Å²) >= 11 is 0. The fourth-order valence-corrected chi connectivity index (χ4v) is 3.84. The number of carboxylic acid groups (broad SMARTS) is 1. The van der Waals surface area contributed by atoms with E-state index in [2.05, 4.69) is 20.7 Å². The molecule has 176 valence electrons. The number of carbonyl (C=O) groups is 3. The van der Waals surface area contributed by atoms with Crippen LogP contribution in [0.3, 0.4) is 0 Å². The molecule has 0 saturated carbocycles. The van der Waals surface area contributed by atoms with Crippen LogP contribution < -0.4 is 20.7 Å². The minimum absolute atomic E-state index is 0.0752. The Labute approximate surface area is 180 Å². The molecule has 0 rings (SSSR count). The van der Waals surface area contributed by atoms with Crippen LogP contribution in [0.2, 0.25) is 0 Å². The van der Waals surface area contributed by atoms with Gasteiger partial charge in [0.1, 0.15) is 12.1 Å². The van der Waals surface area contributed by atoms with Crippen molar-refractivity contribution < 1.29 is 27.9 Å². The van der Waals surface area contributed by atoms with E-state index in [1.807, 2.05) is 6.92 Å². The zero-order valence-corrected chi connectivity index (χ0v) is 19.5. The highest BCUT2D eigenvalue weighted by Crippen LogP contribution is 2.07. The predicted molar refractivity (Wildman–Crippen MR) is 115 cm³/mol. The van der Waals surface area contributed by atoms with Gasteiger partial charge in [0.05, 0.1) is 11.8 Å². The maximum Gasteiger partial charge on any atom is 0.326 e. The van der Waals surface area contributed by atoms with E-state index in [0.717, 1.165) is 6.42 Å². The van der Waals surface area contributed by atoms with Crippen molar-refractivity contribution in [3.8, 4) is 0 Å². The molecule has 2 amide bonds. The summed E-state index contributed by atoms with van der Waals surface area (Å²) < 4.78 is 26.0. The maximum absolute atomic E-state index is 12.6. The summed E-state index contributed by atoms with van der Waals surface area (Å²) in [6.45, 7) is 7.30. The fraction of sp³-hybridized carbons (Fsp3) is 0.842. The van der Waals surface area contributed by atoms with E-state index in [9.17, 15) is 27.9 Å². The van der Waals surface area contributed by atoms with Crippen molar-refractivity contribution in [2.75, 3.05) is 19.3 Å². The summed E-state index contributed by atoms with van der Waals surface area (Å²) in [4.78, 5) is 36.2. The number of aliphatic carboxylic acids is 1. The second-order valence-corrected chi connectivity index (χ2v) is 9.63. The highest BCUT2D eigenvalue weighted by molar-refractivity contribution is 7.89. The lowest BCUT2D eigenvalue weighted by Gasteiger charge is -2.25. The normalized spacial score (nSPS) is 14.7. The Morgan fingerprint density at radius 3 is 2.10 bits per heavy atom. The summed E-state index contributed by atoms with van der Waals surface area (Å²) in [5, 5.41) is 17.3. The Balaban J connectivity index is 4.66. The molecular formula is C19H38N4O6S. The molecule has 0 aromatic carbocycles. The number of likely N-dealkylation sites (N-methyl/N-ethyl adjacent to an activating group) is 1. The Hall–Kier alpha value is -1.72. The molecule has 3 unspecified atom stereocenters. The van der Waals surface area contributed by atoms with Crippen LogP contribution in [0.1, 0.15) is 59.8 Å². The molecule has 0 heterocycles. The van der Waals surface area contributed by atoms with Crippen LogP contribution in [0.15, 0.2) is 0 Å². The van der Waals surface area contributed by atoms with E-state index < -0.39 is 40.0 Å². The highest BCUT2D eigenvalue weighted by atomic mass is 32.2. The Morgan fingerprint density at radius 1 is 0.967 bits per heavy atom. The SMILES string of the molecule is CCCCS(=O)(=O)NCCCCC(NC(=O)C(NC(=O)C(C)NC)C(C)C)C(=O)O. The van der Waals surface area contributed by atoms with E-state index in [1.165, 1.54) is 0 Å². The van der Waals surface area contributed by atoms with E-state index in [1.54, 1.807) is 27.8 Å². The topological polar surface area (TPSA) is 154 Å². The summed E-state index contributed by atoms with van der Waals surface area (Å²) in [5.74, 6) is -2.25. The van der Waals surface area contributed by atoms with Gasteiger partial charge in [-0.3, -0.25) is 9.59 Å². The standard InChI is InChI=1S/C19H38N4O6S/c1-6-7-12-30(28,29)21-11-9-8-10-15(19(26)27)22-18(25)16(13(2)3)23-17(24)14(4)20-5/h13-16,20-21H,6-12H2,1-5H3,(H,22,25)(H,23,24)(H,26,27). The van der Waals surface area contributed by atoms with Gasteiger partial charge in [0, 0.05) is 6.54 Å². The minimum Gasteiger partial charge on any atom is -0.480 e. The Kier molecular flexibility index (Phi) is 13.5. The molecule has 0 spiro atoms. The number of unbranched alkanes of at least 4 members (excludes halogenated alkanes) is 2. The smallest absolute Gasteiger partial charge is 0.326 e. The first-order valence-corrected chi connectivity index (χ1v) is 12.1. The number of hydrogen-bond acceptors (Lipinski definition) is 6. The quantitative estimate of drug-likeness (QED) is 0.210. The van der Waals surface area contributed by atoms with Crippen molar-refractivity contribution in [2.24, 2.45) is 5.92 Å². The van der Waals surface area contributed by atoms with Gasteiger partial charge in [-0.05, 0) is 45.6 Å². The van der Waals surface area contributed by atoms with Crippen molar-refractivity contribution in [3.05, 3.63) is 0 Å². The van der Waals surface area contributed by atoms with E-state index in [0.29, 0.717) is 19.3 Å². The number of rotatable bonds is 16. The number of carbonyl (C=O) groups excluding carboxylic acids is 2. The molecule has 0 aromatic heterocycles. The number of hydrogen-bond donors (Lipinski definition) is 5. The van der Waals surface area contributed by atoms with Crippen LogP contribution in [0.5, 0.6) is 0 Å². The minimum atomic E-state index is -3.30. The first-order chi connectivity index (χ1) is 13.9. The van der Waals surface area contributed by atoms with Crippen LogP contribution in [-0.2, 0) is 24.4 Å². The van der Waals surface area contributed by atoms with Gasteiger partial charge in [-0.25, -0.2) is 17.9 Å². The summed E-state index contributed by atoms with van der Waals surface area (Å²) in [6, 6.07) is -2.47. The predicted octanol–water partition coefficient (Wildman–Crippen LogP) is 0.194. The highest BCUT2D eigenvalue weighted by Gasteiger charge is 2.29. The lowest BCUT2D eigenvalue weighted by molar-refractivity contribution is -0.142. The van der Waals surface area contributed by atoms with Gasteiger partial charge in [0.15, 0.2) is 0 Å². The van der Waals surface area contributed by atoms with Crippen molar-refractivity contribution in [2.45, 2.75) is 77.9 Å². The Morgan fingerprint density at radius 2 is 1.60 bits per heavy atom. The van der Waals surface area contributed by atoms with Gasteiger partial charge < -0.3 is 21.1 Å².